The number of aromatic nitrogens is 1. The highest BCUT2D eigenvalue weighted by atomic mass is 16.6. The lowest BCUT2D eigenvalue weighted by Gasteiger charge is -2.53. The molecule has 0 unspecified atom stereocenters. The van der Waals surface area contributed by atoms with Crippen molar-refractivity contribution >= 4 is 22.8 Å². The van der Waals surface area contributed by atoms with E-state index >= 15 is 0 Å². The van der Waals surface area contributed by atoms with Crippen molar-refractivity contribution < 1.29 is 23.8 Å². The summed E-state index contributed by atoms with van der Waals surface area (Å²) in [4.78, 5) is 29.9. The molecule has 3 atom stereocenters. The van der Waals surface area contributed by atoms with Gasteiger partial charge in [-0.1, -0.05) is 36.4 Å². The number of aliphatic hydroxyl groups excluding tert-OH is 1. The molecule has 8 nitrogen and oxygen atoms in total. The van der Waals surface area contributed by atoms with Crippen LogP contribution < -0.4 is 16.1 Å². The van der Waals surface area contributed by atoms with E-state index in [-0.39, 0.29) is 18.9 Å². The predicted molar refractivity (Wildman–Crippen MR) is 150 cm³/mol. The van der Waals surface area contributed by atoms with Crippen molar-refractivity contribution in [1.82, 2.24) is 4.98 Å². The van der Waals surface area contributed by atoms with Gasteiger partial charge in [-0.05, 0) is 54.3 Å². The third kappa shape index (κ3) is 4.07. The quantitative estimate of drug-likeness (QED) is 0.217. The minimum atomic E-state index is -1.14. The molecule has 4 aromatic rings. The van der Waals surface area contributed by atoms with Gasteiger partial charge in [-0.2, -0.15) is 0 Å². The Morgan fingerprint density at radius 2 is 1.98 bits per heavy atom. The molecule has 0 amide bonds. The zero-order chi connectivity index (χ0) is 28.1. The molecule has 6 rings (SSSR count). The number of benzene rings is 2. The summed E-state index contributed by atoms with van der Waals surface area (Å²) in [5.41, 5.74) is 7.98. The molecule has 0 saturated carbocycles. The molecule has 1 aliphatic heterocycles. The van der Waals surface area contributed by atoms with Crippen LogP contribution in [0.25, 0.3) is 11.0 Å². The number of ether oxygens (including phenoxy) is 2. The highest BCUT2D eigenvalue weighted by Gasteiger charge is 2.64. The second-order valence-corrected chi connectivity index (χ2v) is 10.7. The minimum absolute atomic E-state index is 0.168. The second-order valence-electron chi connectivity index (χ2n) is 10.7. The SMILES string of the molecule is C/C=C(\CCO)C(=O)O[C@@]1(C)Cc2ccccc2[C@@H](c2ccc(N)nc2)[C@]12Cc1cc3ccc(=O)oc3cc1O2. The summed E-state index contributed by atoms with van der Waals surface area (Å²) in [6.45, 7) is 3.50. The first-order valence-corrected chi connectivity index (χ1v) is 13.3. The van der Waals surface area contributed by atoms with Crippen LogP contribution in [0.3, 0.4) is 0 Å². The molecule has 2 aliphatic rings. The van der Waals surface area contributed by atoms with Crippen LogP contribution in [0.5, 0.6) is 5.75 Å². The maximum Gasteiger partial charge on any atom is 0.336 e. The number of hydrogen-bond donors (Lipinski definition) is 2. The number of nitrogen functional groups attached to an aromatic ring is 1. The van der Waals surface area contributed by atoms with E-state index in [9.17, 15) is 14.7 Å². The van der Waals surface area contributed by atoms with Gasteiger partial charge in [-0.3, -0.25) is 0 Å². The van der Waals surface area contributed by atoms with Gasteiger partial charge in [0, 0.05) is 55.2 Å². The highest BCUT2D eigenvalue weighted by molar-refractivity contribution is 5.89. The maximum atomic E-state index is 13.5. The summed E-state index contributed by atoms with van der Waals surface area (Å²) in [6.07, 6.45) is 4.44. The molecule has 0 saturated heterocycles. The lowest BCUT2D eigenvalue weighted by molar-refractivity contribution is -0.184. The average Bonchev–Trinajstić information content (AvgIpc) is 3.31. The van der Waals surface area contributed by atoms with Gasteiger partial charge in [0.25, 0.3) is 0 Å². The molecule has 204 valence electrons. The summed E-state index contributed by atoms with van der Waals surface area (Å²) in [6, 6.07) is 18.6. The number of nitrogens with zero attached hydrogens (tertiary/aromatic N) is 1. The van der Waals surface area contributed by atoms with E-state index in [1.807, 2.05) is 37.3 Å². The summed E-state index contributed by atoms with van der Waals surface area (Å²) in [7, 11) is 0. The van der Waals surface area contributed by atoms with Crippen molar-refractivity contribution in [3.8, 4) is 5.75 Å². The largest absolute Gasteiger partial charge is 0.481 e. The number of nitrogens with two attached hydrogens (primary N) is 1. The van der Waals surface area contributed by atoms with Crippen LogP contribution in [0.1, 0.15) is 48.4 Å². The van der Waals surface area contributed by atoms with Crippen molar-refractivity contribution in [3.63, 3.8) is 0 Å². The van der Waals surface area contributed by atoms with Crippen molar-refractivity contribution in [2.45, 2.75) is 50.2 Å². The fourth-order valence-electron chi connectivity index (χ4n) is 6.31. The van der Waals surface area contributed by atoms with Crippen LogP contribution in [0.2, 0.25) is 0 Å². The molecule has 40 heavy (non-hydrogen) atoms. The van der Waals surface area contributed by atoms with E-state index in [2.05, 4.69) is 11.1 Å². The molecule has 0 radical (unpaired) electrons. The first-order chi connectivity index (χ1) is 19.3. The molecular weight excluding hydrogens is 508 g/mol. The molecule has 2 aromatic heterocycles. The number of fused-ring (bicyclic) bond motifs is 3. The van der Waals surface area contributed by atoms with Crippen LogP contribution in [0, 0.1) is 0 Å². The van der Waals surface area contributed by atoms with E-state index in [1.54, 1.807) is 37.4 Å². The van der Waals surface area contributed by atoms with Gasteiger partial charge in [-0.25, -0.2) is 14.6 Å². The van der Waals surface area contributed by atoms with E-state index in [1.165, 1.54) is 6.07 Å². The smallest absolute Gasteiger partial charge is 0.336 e. The van der Waals surface area contributed by atoms with Crippen LogP contribution >= 0.6 is 0 Å². The Morgan fingerprint density at radius 1 is 1.15 bits per heavy atom. The standard InChI is InChI=1S/C32H30N2O6/c1-3-19(12-13-35)30(37)40-31(2)16-21-6-4-5-7-24(21)29(22-8-10-27(33)34-18-22)32(31)17-23-14-20-9-11-28(36)38-25(20)15-26(23)39-32/h3-11,14-15,18,29,35H,12-13,16-17H2,1-2H3,(H2,33,34)/b19-3+/t29-,31+,32-/m1/s1. The highest BCUT2D eigenvalue weighted by Crippen LogP contribution is 2.57. The number of carbonyl (C=O) groups is 1. The van der Waals surface area contributed by atoms with Crippen LogP contribution in [0.4, 0.5) is 5.82 Å². The molecule has 1 spiro atoms. The number of pyridine rings is 1. The molecule has 1 aliphatic carbocycles. The number of rotatable bonds is 5. The molecule has 0 fully saturated rings. The summed E-state index contributed by atoms with van der Waals surface area (Å²) in [5.74, 6) is 0.0914. The van der Waals surface area contributed by atoms with Crippen LogP contribution in [-0.4, -0.2) is 33.9 Å². The molecule has 0 bridgehead atoms. The Bertz CT molecular complexity index is 1710. The fourth-order valence-corrected chi connectivity index (χ4v) is 6.31. The van der Waals surface area contributed by atoms with Gasteiger partial charge in [0.1, 0.15) is 17.2 Å². The molecule has 3 heterocycles. The lowest BCUT2D eigenvalue weighted by atomic mass is 9.60. The Labute approximate surface area is 231 Å². The first-order valence-electron chi connectivity index (χ1n) is 13.3. The van der Waals surface area contributed by atoms with Gasteiger partial charge >= 0.3 is 11.6 Å². The van der Waals surface area contributed by atoms with Gasteiger partial charge in [-0.15, -0.1) is 0 Å². The number of hydrogen-bond acceptors (Lipinski definition) is 8. The van der Waals surface area contributed by atoms with Gasteiger partial charge < -0.3 is 24.7 Å². The Balaban J connectivity index is 1.57. The van der Waals surface area contributed by atoms with Gasteiger partial charge in [0.05, 0.1) is 5.92 Å². The van der Waals surface area contributed by atoms with E-state index < -0.39 is 22.8 Å². The van der Waals surface area contributed by atoms with Crippen LogP contribution in [0.15, 0.2) is 87.7 Å². The third-order valence-corrected chi connectivity index (χ3v) is 8.26. The van der Waals surface area contributed by atoms with Gasteiger partial charge in [0.2, 0.25) is 0 Å². The first kappa shape index (κ1) is 25.8. The third-order valence-electron chi connectivity index (χ3n) is 8.26. The predicted octanol–water partition coefficient (Wildman–Crippen LogP) is 4.46. The summed E-state index contributed by atoms with van der Waals surface area (Å²) < 4.78 is 18.9. The number of allylic oxidation sites excluding steroid dienone is 1. The maximum absolute atomic E-state index is 13.5. The number of carbonyl (C=O) groups excluding carboxylic acids is 1. The zero-order valence-electron chi connectivity index (χ0n) is 22.3. The Hall–Kier alpha value is -4.43. The lowest BCUT2D eigenvalue weighted by Crippen LogP contribution is -2.65. The van der Waals surface area contributed by atoms with E-state index in [4.69, 9.17) is 19.6 Å². The van der Waals surface area contributed by atoms with Gasteiger partial charge in [0.15, 0.2) is 11.2 Å². The number of esters is 1. The summed E-state index contributed by atoms with van der Waals surface area (Å²) in [5, 5.41) is 10.3. The normalized spacial score (nSPS) is 23.5. The molecule has 2 aromatic carbocycles. The fraction of sp³-hybridized carbons (Fsp3) is 0.281. The molecular formula is C32H30N2O6. The minimum Gasteiger partial charge on any atom is -0.481 e. The topological polar surface area (TPSA) is 125 Å². The van der Waals surface area contributed by atoms with Crippen molar-refractivity contribution in [3.05, 3.63) is 111 Å². The van der Waals surface area contributed by atoms with Crippen LogP contribution in [-0.2, 0) is 22.4 Å². The van der Waals surface area contributed by atoms with Crippen molar-refractivity contribution in [1.29, 1.82) is 0 Å². The number of aliphatic hydroxyl groups is 1. The van der Waals surface area contributed by atoms with E-state index in [0.717, 1.165) is 27.6 Å². The monoisotopic (exact) mass is 538 g/mol. The van der Waals surface area contributed by atoms with Crippen molar-refractivity contribution in [2.75, 3.05) is 12.3 Å². The average molecular weight is 539 g/mol. The molecule has 3 N–H and O–H groups in total. The second kappa shape index (κ2) is 9.64. The molecule has 8 heteroatoms. The van der Waals surface area contributed by atoms with Crippen molar-refractivity contribution in [2.24, 2.45) is 0 Å². The van der Waals surface area contributed by atoms with E-state index in [0.29, 0.717) is 35.6 Å². The Morgan fingerprint density at radius 3 is 2.73 bits per heavy atom. The Kier molecular flexibility index (Phi) is 6.22. The zero-order valence-corrected chi connectivity index (χ0v) is 22.3. The number of anilines is 1. The summed E-state index contributed by atoms with van der Waals surface area (Å²) >= 11 is 0.